The molecule has 0 saturated carbocycles. The van der Waals surface area contributed by atoms with E-state index in [2.05, 4.69) is 31.7 Å². The van der Waals surface area contributed by atoms with Crippen molar-refractivity contribution < 1.29 is 0 Å². The summed E-state index contributed by atoms with van der Waals surface area (Å²) in [6.45, 7) is 3.35. The Morgan fingerprint density at radius 1 is 1.57 bits per heavy atom. The molecule has 2 rings (SSSR count). The van der Waals surface area contributed by atoms with E-state index in [0.29, 0.717) is 17.1 Å². The van der Waals surface area contributed by atoms with E-state index in [1.54, 1.807) is 6.20 Å². The van der Waals surface area contributed by atoms with E-state index in [1.165, 1.54) is 17.5 Å². The van der Waals surface area contributed by atoms with Gasteiger partial charge >= 0.3 is 0 Å². The Kier molecular flexibility index (Phi) is 6.20. The van der Waals surface area contributed by atoms with E-state index in [1.807, 2.05) is 19.0 Å². The highest BCUT2D eigenvalue weighted by molar-refractivity contribution is 9.10. The second-order valence-electron chi connectivity index (χ2n) is 5.71. The van der Waals surface area contributed by atoms with Crippen LogP contribution in [0.15, 0.2) is 15.5 Å². The first-order valence-corrected chi connectivity index (χ1v) is 8.25. The van der Waals surface area contributed by atoms with Gasteiger partial charge in [0.15, 0.2) is 0 Å². The lowest BCUT2D eigenvalue weighted by atomic mass is 10.1. The zero-order chi connectivity index (χ0) is 15.2. The highest BCUT2D eigenvalue weighted by Gasteiger charge is 2.14. The summed E-state index contributed by atoms with van der Waals surface area (Å²) in [7, 11) is 3.96. The van der Waals surface area contributed by atoms with Crippen LogP contribution in [0.4, 0.5) is 5.69 Å². The van der Waals surface area contributed by atoms with Crippen molar-refractivity contribution in [3.63, 3.8) is 0 Å². The summed E-state index contributed by atoms with van der Waals surface area (Å²) in [5.41, 5.74) is 0.694. The first-order chi connectivity index (χ1) is 10.1. The lowest BCUT2D eigenvalue weighted by molar-refractivity contribution is 0.367. The molecular weight excluding hydrogens is 334 g/mol. The molecule has 2 N–H and O–H groups in total. The van der Waals surface area contributed by atoms with Gasteiger partial charge in [-0.15, -0.1) is 0 Å². The van der Waals surface area contributed by atoms with Gasteiger partial charge in [-0.05, 0) is 55.8 Å². The van der Waals surface area contributed by atoms with E-state index >= 15 is 0 Å². The van der Waals surface area contributed by atoms with Crippen LogP contribution in [0.2, 0.25) is 0 Å². The predicted octanol–water partition coefficient (Wildman–Crippen LogP) is 1.12. The van der Waals surface area contributed by atoms with E-state index in [9.17, 15) is 4.79 Å². The quantitative estimate of drug-likeness (QED) is 0.765. The number of hydrogen-bond donors (Lipinski definition) is 2. The maximum atomic E-state index is 12.2. The van der Waals surface area contributed by atoms with Crippen molar-refractivity contribution in [2.24, 2.45) is 0 Å². The Hall–Kier alpha value is -0.920. The fourth-order valence-corrected chi connectivity index (χ4v) is 2.87. The van der Waals surface area contributed by atoms with Crippen molar-refractivity contribution in [2.75, 3.05) is 39.0 Å². The summed E-state index contributed by atoms with van der Waals surface area (Å²) in [6, 6.07) is 0.602. The Labute approximate surface area is 134 Å². The molecule has 0 aromatic carbocycles. The van der Waals surface area contributed by atoms with Gasteiger partial charge in [-0.3, -0.25) is 4.79 Å². The first-order valence-electron chi connectivity index (χ1n) is 7.45. The number of nitrogens with zero attached hydrogens (tertiary/aromatic N) is 3. The summed E-state index contributed by atoms with van der Waals surface area (Å²) in [5, 5.41) is 11.0. The maximum Gasteiger partial charge on any atom is 0.283 e. The van der Waals surface area contributed by atoms with Crippen molar-refractivity contribution in [3.8, 4) is 0 Å². The Balaban J connectivity index is 1.91. The highest BCUT2D eigenvalue weighted by Crippen LogP contribution is 2.17. The third kappa shape index (κ3) is 4.79. The predicted molar refractivity (Wildman–Crippen MR) is 88.9 cm³/mol. The van der Waals surface area contributed by atoms with Crippen LogP contribution < -0.4 is 16.2 Å². The number of rotatable bonds is 7. The van der Waals surface area contributed by atoms with Gasteiger partial charge in [0.1, 0.15) is 4.47 Å². The van der Waals surface area contributed by atoms with Crippen molar-refractivity contribution in [1.29, 1.82) is 0 Å². The third-order valence-corrected chi connectivity index (χ3v) is 4.48. The Morgan fingerprint density at radius 3 is 3.05 bits per heavy atom. The molecule has 0 aliphatic carbocycles. The number of aromatic nitrogens is 2. The van der Waals surface area contributed by atoms with Crippen molar-refractivity contribution in [2.45, 2.75) is 31.8 Å². The molecule has 0 spiro atoms. The third-order valence-electron chi connectivity index (χ3n) is 3.71. The number of anilines is 1. The average Bonchev–Trinajstić information content (AvgIpc) is 2.95. The average molecular weight is 358 g/mol. The molecule has 1 aliphatic heterocycles. The molecule has 7 heteroatoms. The molecule has 1 aromatic heterocycles. The van der Waals surface area contributed by atoms with Crippen LogP contribution >= 0.6 is 15.9 Å². The molecule has 0 radical (unpaired) electrons. The second-order valence-corrected chi connectivity index (χ2v) is 6.51. The van der Waals surface area contributed by atoms with Gasteiger partial charge in [-0.25, -0.2) is 4.68 Å². The Bertz CT molecular complexity index is 511. The summed E-state index contributed by atoms with van der Waals surface area (Å²) in [6.07, 6.45) is 5.30. The van der Waals surface area contributed by atoms with Crippen molar-refractivity contribution in [3.05, 3.63) is 21.0 Å². The van der Waals surface area contributed by atoms with E-state index in [0.717, 1.165) is 31.7 Å². The van der Waals surface area contributed by atoms with Crippen LogP contribution in [0.5, 0.6) is 0 Å². The smallest absolute Gasteiger partial charge is 0.283 e. The normalized spacial score (nSPS) is 18.4. The zero-order valence-corrected chi connectivity index (χ0v) is 14.3. The SMILES string of the molecule is CN(C)CCn1ncc(NCC[C@@H]2CCCN2)c(Br)c1=O. The van der Waals surface area contributed by atoms with Gasteiger partial charge < -0.3 is 15.5 Å². The van der Waals surface area contributed by atoms with Crippen LogP contribution in [0.25, 0.3) is 0 Å². The van der Waals surface area contributed by atoms with E-state index in [-0.39, 0.29) is 5.56 Å². The number of hydrogen-bond acceptors (Lipinski definition) is 5. The first kappa shape index (κ1) is 16.5. The highest BCUT2D eigenvalue weighted by atomic mass is 79.9. The van der Waals surface area contributed by atoms with Crippen LogP contribution in [0.1, 0.15) is 19.3 Å². The molecule has 0 unspecified atom stereocenters. The van der Waals surface area contributed by atoms with Crippen LogP contribution in [0.3, 0.4) is 0 Å². The minimum Gasteiger partial charge on any atom is -0.383 e. The minimum atomic E-state index is -0.0826. The molecule has 6 nitrogen and oxygen atoms in total. The number of likely N-dealkylation sites (N-methyl/N-ethyl adjacent to an activating group) is 1. The van der Waals surface area contributed by atoms with E-state index in [4.69, 9.17) is 0 Å². The topological polar surface area (TPSA) is 62.2 Å². The maximum absolute atomic E-state index is 12.2. The molecule has 21 heavy (non-hydrogen) atoms. The summed E-state index contributed by atoms with van der Waals surface area (Å²) >= 11 is 3.39. The van der Waals surface area contributed by atoms with Gasteiger partial charge in [-0.2, -0.15) is 5.10 Å². The van der Waals surface area contributed by atoms with Crippen molar-refractivity contribution >= 4 is 21.6 Å². The summed E-state index contributed by atoms with van der Waals surface area (Å²) in [4.78, 5) is 14.2. The van der Waals surface area contributed by atoms with E-state index < -0.39 is 0 Å². The number of halogens is 1. The molecule has 118 valence electrons. The zero-order valence-electron chi connectivity index (χ0n) is 12.7. The lowest BCUT2D eigenvalue weighted by Crippen LogP contribution is -2.30. The monoisotopic (exact) mass is 357 g/mol. The van der Waals surface area contributed by atoms with Crippen molar-refractivity contribution in [1.82, 2.24) is 20.0 Å². The van der Waals surface area contributed by atoms with Gasteiger partial charge in [0.2, 0.25) is 0 Å². The molecule has 0 amide bonds. The van der Waals surface area contributed by atoms with Crippen LogP contribution in [-0.4, -0.2) is 54.5 Å². The standard InChI is InChI=1S/C14H24BrN5O/c1-19(2)8-9-20-14(21)13(15)12(10-18-20)17-7-5-11-4-3-6-16-11/h10-11,16-17H,3-9H2,1-2H3/t11-/m0/s1. The molecule has 1 saturated heterocycles. The number of nitrogens with one attached hydrogen (secondary N) is 2. The second kappa shape index (κ2) is 7.91. The molecule has 1 atom stereocenters. The lowest BCUT2D eigenvalue weighted by Gasteiger charge is -2.14. The molecular formula is C14H24BrN5O. The summed E-state index contributed by atoms with van der Waals surface area (Å²) < 4.78 is 2.06. The van der Waals surface area contributed by atoms with Gasteiger partial charge in [0, 0.05) is 19.1 Å². The van der Waals surface area contributed by atoms with Crippen LogP contribution in [0, 0.1) is 0 Å². The van der Waals surface area contributed by atoms with Gasteiger partial charge in [0.25, 0.3) is 5.56 Å². The molecule has 0 bridgehead atoms. The molecule has 2 heterocycles. The molecule has 1 fully saturated rings. The largest absolute Gasteiger partial charge is 0.383 e. The summed E-state index contributed by atoms with van der Waals surface area (Å²) in [5.74, 6) is 0. The molecule has 1 aliphatic rings. The van der Waals surface area contributed by atoms with Crippen LogP contribution in [-0.2, 0) is 6.54 Å². The van der Waals surface area contributed by atoms with Gasteiger partial charge in [-0.1, -0.05) is 0 Å². The molecule has 1 aromatic rings. The fourth-order valence-electron chi connectivity index (χ4n) is 2.43. The Morgan fingerprint density at radius 2 is 2.38 bits per heavy atom. The fraction of sp³-hybridized carbons (Fsp3) is 0.714. The minimum absolute atomic E-state index is 0.0826. The van der Waals surface area contributed by atoms with Gasteiger partial charge in [0.05, 0.1) is 18.4 Å².